The van der Waals surface area contributed by atoms with Crippen molar-refractivity contribution in [3.63, 3.8) is 0 Å². The van der Waals surface area contributed by atoms with Crippen molar-refractivity contribution in [2.75, 3.05) is 40.1 Å². The molecule has 7 nitrogen and oxygen atoms in total. The van der Waals surface area contributed by atoms with Crippen molar-refractivity contribution in [3.05, 3.63) is 18.1 Å². The molecule has 8 heteroatoms. The van der Waals surface area contributed by atoms with Crippen LogP contribution in [0.2, 0.25) is 6.04 Å². The summed E-state index contributed by atoms with van der Waals surface area (Å²) in [6, 6.07) is 1.10. The van der Waals surface area contributed by atoms with Gasteiger partial charge in [0.25, 0.3) is 0 Å². The Hall–Kier alpha value is -1.31. The van der Waals surface area contributed by atoms with Crippen LogP contribution in [-0.2, 0) is 23.7 Å². The summed E-state index contributed by atoms with van der Waals surface area (Å²) in [5.74, 6) is 0. The lowest BCUT2D eigenvalue weighted by Crippen LogP contribution is -2.28. The summed E-state index contributed by atoms with van der Waals surface area (Å²) in [5.41, 5.74) is 2.68. The van der Waals surface area contributed by atoms with Crippen molar-refractivity contribution >= 4 is 15.9 Å². The van der Waals surface area contributed by atoms with Crippen molar-refractivity contribution in [1.82, 2.24) is 5.32 Å². The van der Waals surface area contributed by atoms with Gasteiger partial charge in [-0.25, -0.2) is 4.79 Å². The topological polar surface area (TPSA) is 75.3 Å². The summed E-state index contributed by atoms with van der Waals surface area (Å²) in [5, 5.41) is 2.52. The Labute approximate surface area is 128 Å². The molecule has 122 valence electrons. The van der Waals surface area contributed by atoms with Gasteiger partial charge in [0.05, 0.1) is 6.61 Å². The molecule has 0 aromatic rings. The molecule has 0 aromatic carbocycles. The molecule has 0 heterocycles. The van der Waals surface area contributed by atoms with E-state index in [1.54, 1.807) is 13.2 Å². The molecule has 0 unspecified atom stereocenters. The van der Waals surface area contributed by atoms with Crippen molar-refractivity contribution in [2.24, 2.45) is 0 Å². The smallest absolute Gasteiger partial charge is 0.407 e. The van der Waals surface area contributed by atoms with Crippen molar-refractivity contribution in [1.29, 1.82) is 0 Å². The number of alkyl carbamates (subject to hydrolysis) is 1. The van der Waals surface area contributed by atoms with Crippen LogP contribution in [0.1, 0.15) is 13.3 Å². The van der Waals surface area contributed by atoms with Gasteiger partial charge >= 0.3 is 6.09 Å². The molecule has 0 radical (unpaired) electrons. The first kappa shape index (κ1) is 19.7. The number of rotatable bonds is 13. The molecule has 0 atom stereocenters. The van der Waals surface area contributed by atoms with Crippen LogP contribution >= 0.6 is 0 Å². The van der Waals surface area contributed by atoms with E-state index in [-0.39, 0.29) is 23.0 Å². The quantitative estimate of drug-likeness (QED) is 0.136. The molecule has 0 aliphatic carbocycles. The first-order valence-electron chi connectivity index (χ1n) is 6.92. The highest BCUT2D eigenvalue weighted by Gasteiger charge is 2.00. The van der Waals surface area contributed by atoms with Gasteiger partial charge in [0.15, 0.2) is 16.0 Å². The van der Waals surface area contributed by atoms with E-state index in [1.165, 1.54) is 6.26 Å². The molecular formula is C13H25NO6Si. The molecular weight excluding hydrogens is 294 g/mol. The van der Waals surface area contributed by atoms with Gasteiger partial charge in [-0.15, -0.1) is 0 Å². The third-order valence-electron chi connectivity index (χ3n) is 2.15. The van der Waals surface area contributed by atoms with Gasteiger partial charge in [0.1, 0.15) is 13.2 Å². The van der Waals surface area contributed by atoms with E-state index in [0.29, 0.717) is 19.8 Å². The van der Waals surface area contributed by atoms with Crippen LogP contribution in [0.15, 0.2) is 18.1 Å². The second kappa shape index (κ2) is 16.7. The number of nitrogens with one attached hydrogen (secondary N) is 1. The molecule has 0 aliphatic heterocycles. The maximum atomic E-state index is 11.2. The van der Waals surface area contributed by atoms with E-state index >= 15 is 0 Å². The summed E-state index contributed by atoms with van der Waals surface area (Å²) < 4.78 is 15.3. The zero-order chi connectivity index (χ0) is 15.6. The minimum absolute atomic E-state index is 0.219. The van der Waals surface area contributed by atoms with Crippen LogP contribution in [0, 0.1) is 0 Å². The number of carbonyl (C=O) groups is 1. The number of ether oxygens (including phenoxy) is 2. The number of hydrogen-bond acceptors (Lipinski definition) is 6. The third-order valence-corrected chi connectivity index (χ3v) is 3.35. The molecule has 0 saturated heterocycles. The molecule has 0 rings (SSSR count). The Morgan fingerprint density at radius 3 is 2.90 bits per heavy atom. The highest BCUT2D eigenvalue weighted by Crippen LogP contribution is 1.90. The highest BCUT2D eigenvalue weighted by atomic mass is 28.2. The Morgan fingerprint density at radius 2 is 2.14 bits per heavy atom. The van der Waals surface area contributed by atoms with E-state index in [2.05, 4.69) is 15.9 Å². The fourth-order valence-corrected chi connectivity index (χ4v) is 1.87. The summed E-state index contributed by atoms with van der Waals surface area (Å²) in [7, 11) is 1.38. The minimum atomic E-state index is -0.502. The van der Waals surface area contributed by atoms with Gasteiger partial charge in [-0.3, -0.25) is 0 Å². The van der Waals surface area contributed by atoms with E-state index in [9.17, 15) is 4.79 Å². The van der Waals surface area contributed by atoms with Crippen molar-refractivity contribution in [3.8, 4) is 0 Å². The first-order chi connectivity index (χ1) is 10.3. The van der Waals surface area contributed by atoms with Crippen LogP contribution in [-0.4, -0.2) is 55.9 Å². The average molecular weight is 319 g/mol. The second-order valence-electron chi connectivity index (χ2n) is 3.87. The highest BCUT2D eigenvalue weighted by molar-refractivity contribution is 6.26. The lowest BCUT2D eigenvalue weighted by molar-refractivity contribution is -0.246. The van der Waals surface area contributed by atoms with E-state index in [1.807, 2.05) is 6.92 Å². The van der Waals surface area contributed by atoms with Crippen LogP contribution < -0.4 is 5.32 Å². The molecule has 1 N–H and O–H groups in total. The normalized spacial score (nSPS) is 10.2. The lowest BCUT2D eigenvalue weighted by atomic mass is 10.5. The number of hydrogen-bond donors (Lipinski definition) is 1. The van der Waals surface area contributed by atoms with E-state index in [0.717, 1.165) is 12.5 Å². The first-order valence-corrected chi connectivity index (χ1v) is 8.50. The third kappa shape index (κ3) is 16.6. The fraction of sp³-hybridized carbons (Fsp3) is 0.692. The fourth-order valence-electron chi connectivity index (χ4n) is 1.17. The Kier molecular flexibility index (Phi) is 15.7. The molecule has 21 heavy (non-hydrogen) atoms. The minimum Gasteiger partial charge on any atom is -0.447 e. The van der Waals surface area contributed by atoms with Gasteiger partial charge in [-0.1, -0.05) is 5.73 Å². The SMILES string of the molecule is CC=C=COOCCNC(=O)OCCOCCC[SiH2]OC. The summed E-state index contributed by atoms with van der Waals surface area (Å²) in [6.07, 6.45) is 3.45. The molecule has 0 fully saturated rings. The monoisotopic (exact) mass is 319 g/mol. The van der Waals surface area contributed by atoms with E-state index < -0.39 is 6.09 Å². The largest absolute Gasteiger partial charge is 0.447 e. The number of allylic oxidation sites excluding steroid dienone is 1. The molecule has 0 aliphatic rings. The summed E-state index contributed by atoms with van der Waals surface area (Å²) >= 11 is 0. The van der Waals surface area contributed by atoms with Crippen molar-refractivity contribution in [2.45, 2.75) is 19.4 Å². The number of carbonyl (C=O) groups excluding carboxylic acids is 1. The Balaban J connectivity index is 3.22. The second-order valence-corrected chi connectivity index (χ2v) is 5.56. The standard InChI is InChI=1S/C13H25NO6Si/c1-3-4-8-19-20-9-6-14-13(15)18-11-10-17-7-5-12-21-16-2/h3,8H,5-7,9-12,21H2,1-2H3,(H,14,15). The molecule has 0 aromatic heterocycles. The maximum Gasteiger partial charge on any atom is 0.407 e. The molecule has 0 saturated carbocycles. The van der Waals surface area contributed by atoms with Crippen LogP contribution in [0.5, 0.6) is 0 Å². The van der Waals surface area contributed by atoms with Gasteiger partial charge in [-0.2, -0.15) is 4.89 Å². The number of amides is 1. The Morgan fingerprint density at radius 1 is 1.29 bits per heavy atom. The van der Waals surface area contributed by atoms with Crippen LogP contribution in [0.25, 0.3) is 0 Å². The average Bonchev–Trinajstić information content (AvgIpc) is 2.49. The van der Waals surface area contributed by atoms with Crippen LogP contribution in [0.3, 0.4) is 0 Å². The lowest BCUT2D eigenvalue weighted by Gasteiger charge is -2.07. The van der Waals surface area contributed by atoms with Gasteiger partial charge in [-0.05, 0) is 25.5 Å². The van der Waals surface area contributed by atoms with E-state index in [4.69, 9.17) is 18.8 Å². The van der Waals surface area contributed by atoms with Crippen LogP contribution in [0.4, 0.5) is 4.79 Å². The Bertz CT molecular complexity index is 307. The van der Waals surface area contributed by atoms with Gasteiger partial charge in [0, 0.05) is 20.3 Å². The summed E-state index contributed by atoms with van der Waals surface area (Å²) in [6.45, 7) is 3.63. The molecule has 0 bridgehead atoms. The van der Waals surface area contributed by atoms with Gasteiger partial charge in [0.2, 0.25) is 0 Å². The zero-order valence-electron chi connectivity index (χ0n) is 12.8. The summed E-state index contributed by atoms with van der Waals surface area (Å²) in [4.78, 5) is 20.6. The van der Waals surface area contributed by atoms with Gasteiger partial charge < -0.3 is 24.1 Å². The maximum absolute atomic E-state index is 11.2. The molecule has 1 amide bonds. The van der Waals surface area contributed by atoms with Crippen molar-refractivity contribution < 1.29 is 28.5 Å². The zero-order valence-corrected chi connectivity index (χ0v) is 14.2. The molecule has 0 spiro atoms. The predicted molar refractivity (Wildman–Crippen MR) is 80.5 cm³/mol. The predicted octanol–water partition coefficient (Wildman–Crippen LogP) is 0.905.